The van der Waals surface area contributed by atoms with Crippen molar-refractivity contribution in [2.45, 2.75) is 342 Å². The highest BCUT2D eigenvalue weighted by Crippen LogP contribution is 2.57. The highest BCUT2D eigenvalue weighted by molar-refractivity contribution is 5.82. The number of rotatable bonds is 49. The van der Waals surface area contributed by atoms with E-state index in [0.29, 0.717) is 51.4 Å². The van der Waals surface area contributed by atoms with Crippen LogP contribution in [0.3, 0.4) is 0 Å². The topological polar surface area (TPSA) is 413 Å². The van der Waals surface area contributed by atoms with Gasteiger partial charge < -0.3 is 47.4 Å². The number of hydrogen-bond donors (Lipinski definition) is 0. The summed E-state index contributed by atoms with van der Waals surface area (Å²) < 4.78 is 187. The minimum atomic E-state index is -6.66. The normalized spacial score (nSPS) is 26.8. The maximum atomic E-state index is 15.6. The van der Waals surface area contributed by atoms with Crippen LogP contribution in [0.4, 0.5) is 35.1 Å². The molecule has 0 spiro atoms. The van der Waals surface area contributed by atoms with Crippen molar-refractivity contribution >= 4 is 59.7 Å². The Morgan fingerprint density at radius 2 is 0.397 bits per heavy atom. The number of carbonyl (C=O) groups is 10. The lowest BCUT2D eigenvalue weighted by Gasteiger charge is -2.48. The summed E-state index contributed by atoms with van der Waals surface area (Å²) in [5.41, 5.74) is -15.7. The molecule has 6 fully saturated rings. The van der Waals surface area contributed by atoms with Crippen molar-refractivity contribution in [2.24, 2.45) is 100 Å². The fraction of sp³-hybridized carbons (Fsp3) is 0.769. The van der Waals surface area contributed by atoms with Crippen molar-refractivity contribution in [1.82, 2.24) is 27.4 Å². The summed E-state index contributed by atoms with van der Waals surface area (Å²) in [5, 5.41) is 0. The minimum absolute atomic E-state index is 0.0752. The molecule has 8 rings (SSSR count). The largest absolute Gasteiger partial charge is 0.462 e. The molecule has 6 aliphatic rings. The fourth-order valence-electron chi connectivity index (χ4n) is 27.2. The molecule has 0 amide bonds. The van der Waals surface area contributed by atoms with Crippen LogP contribution in [0.2, 0.25) is 0 Å². The number of alkyl halides is 8. The molecule has 2 aromatic heterocycles. The summed E-state index contributed by atoms with van der Waals surface area (Å²) in [6.45, 7) is 38.2. The van der Waals surface area contributed by atoms with Gasteiger partial charge in [0.15, 0.2) is 13.2 Å². The molecule has 0 N–H and O–H groups in total. The van der Waals surface area contributed by atoms with E-state index < -0.39 is 234 Å². The molecule has 822 valence electrons. The molecule has 0 aromatic carbocycles. The van der Waals surface area contributed by atoms with E-state index >= 15 is 63.9 Å². The summed E-state index contributed by atoms with van der Waals surface area (Å²) >= 11 is 0. The van der Waals surface area contributed by atoms with Crippen LogP contribution in [0.5, 0.6) is 0 Å². The van der Waals surface area contributed by atoms with E-state index in [-0.39, 0.29) is 193 Å². The number of esters is 10. The Balaban J connectivity index is 0.960. The van der Waals surface area contributed by atoms with Crippen LogP contribution in [0.25, 0.3) is 0 Å². The predicted octanol–water partition coefficient (Wildman–Crippen LogP) is 15.3. The first-order chi connectivity index (χ1) is 67.0. The molecule has 0 radical (unpaired) electrons. The second kappa shape index (κ2) is 47.4. The Hall–Kier alpha value is -10.2. The molecule has 6 aliphatic carbocycles. The van der Waals surface area contributed by atoms with Crippen molar-refractivity contribution < 1.29 is 140 Å². The lowest BCUT2D eigenvalue weighted by atomic mass is 9.60. The Bertz CT molecular complexity index is 4940. The minimum Gasteiger partial charge on any atom is -0.462 e. The van der Waals surface area contributed by atoms with E-state index in [1.165, 1.54) is 0 Å². The second-order valence-electron chi connectivity index (χ2n) is 49.2. The van der Waals surface area contributed by atoms with Gasteiger partial charge in [-0.15, -0.1) is 0 Å². The lowest BCUT2D eigenvalue weighted by Crippen LogP contribution is -2.59. The Kier molecular flexibility index (Phi) is 39.3. The third kappa shape index (κ3) is 35.8. The predicted molar refractivity (Wildman–Crippen MR) is 514 cm³/mol. The molecule has 6 saturated carbocycles. The van der Waals surface area contributed by atoms with Gasteiger partial charge in [0.05, 0.1) is 0 Å². The van der Waals surface area contributed by atoms with Gasteiger partial charge in [-0.25, -0.2) is 84.8 Å². The highest BCUT2D eigenvalue weighted by Gasteiger charge is 2.68. The van der Waals surface area contributed by atoms with Gasteiger partial charge >= 0.3 is 118 Å². The summed E-state index contributed by atoms with van der Waals surface area (Å²) in [6, 6.07) is 0. The second-order valence-corrected chi connectivity index (χ2v) is 49.2. The average molecular weight is 2090 g/mol. The van der Waals surface area contributed by atoms with Gasteiger partial charge in [-0.3, -0.25) is 28.8 Å². The van der Waals surface area contributed by atoms with Crippen LogP contribution < -0.4 is 34.1 Å². The van der Waals surface area contributed by atoms with Crippen LogP contribution in [0, 0.1) is 100 Å². The van der Waals surface area contributed by atoms with Gasteiger partial charge in [-0.2, -0.15) is 35.1 Å². The van der Waals surface area contributed by atoms with E-state index in [1.807, 2.05) is 83.1 Å². The zero-order valence-corrected chi connectivity index (χ0v) is 88.0. The van der Waals surface area contributed by atoms with Gasteiger partial charge in [0.1, 0.15) is 52.9 Å². The molecule has 0 saturated heterocycles. The zero-order valence-electron chi connectivity index (χ0n) is 88.0. The third-order valence-corrected chi connectivity index (χ3v) is 28.6. The zero-order chi connectivity index (χ0) is 110. The molecular formula is C104H152F8N6O28. The van der Waals surface area contributed by atoms with Crippen molar-refractivity contribution in [2.75, 3.05) is 66.1 Å². The fourth-order valence-corrected chi connectivity index (χ4v) is 27.2. The summed E-state index contributed by atoms with van der Waals surface area (Å²) in [6.07, 6.45) is -17.2. The van der Waals surface area contributed by atoms with Crippen LogP contribution in [-0.2, 0) is 144 Å². The van der Waals surface area contributed by atoms with Gasteiger partial charge in [0.25, 0.3) is 0 Å². The molecule has 12 atom stereocenters. The van der Waals surface area contributed by atoms with Crippen molar-refractivity contribution in [3.8, 4) is 0 Å². The maximum Gasteiger partial charge on any atom is 0.453 e. The highest BCUT2D eigenvalue weighted by atomic mass is 19.3. The molecule has 2 aromatic rings. The number of ether oxygens (including phenoxy) is 12. The first kappa shape index (κ1) is 121. The third-order valence-electron chi connectivity index (χ3n) is 28.6. The maximum absolute atomic E-state index is 15.6. The Labute approximate surface area is 845 Å². The van der Waals surface area contributed by atoms with Crippen molar-refractivity contribution in [3.63, 3.8) is 0 Å². The van der Waals surface area contributed by atoms with Crippen LogP contribution in [-0.4, -0.2) is 178 Å². The molecule has 146 heavy (non-hydrogen) atoms. The van der Waals surface area contributed by atoms with Gasteiger partial charge in [-0.05, 0) is 216 Å². The smallest absolute Gasteiger partial charge is 0.453 e. The summed E-state index contributed by atoms with van der Waals surface area (Å²) in [7, 11) is 0. The standard InChI is InChI=1S/C104H152F8N6O28/c1-23-73(119)135-27-31-139-77(123)35-67-41-89(5,6)53-95(17,47-67)59-113-83(129)114(60-96(18)48-68(42-90(7,8)54-96)36-78(124)140-32-28-136-74(120)24-2)86(132)117(85(113)131)63-99(21)51-71(45-93(13,14)57-99)39-81(127)143-65-101(105,106)145-103(109,110)104(111,112)146-102(107,108)66-144-82(128)40-72-46-94(15,16)58-100(22,52-72)64-118-87(133)115(61-97(19)49-69(43-91(9,10)55-97)37-79(125)141-33-29-137-75(121)25-3)84(130)116(88(118)134)62-98(20)50-70(44-92(11,12)56-98)38-80(126)142-34-30-138-76(122)26-4/h23-26,67-72H,1-4,27-66H2,5-22H3. The number of nitrogens with zero attached hydrogens (tertiary/aromatic N) is 6. The number of aromatic nitrogens is 6. The van der Waals surface area contributed by atoms with Gasteiger partial charge in [0.2, 0.25) is 0 Å². The number of hydrogen-bond acceptors (Lipinski definition) is 28. The first-order valence-electron chi connectivity index (χ1n) is 49.9. The monoisotopic (exact) mass is 2090 g/mol. The summed E-state index contributed by atoms with van der Waals surface area (Å²) in [4.78, 5) is 220. The van der Waals surface area contributed by atoms with E-state index in [2.05, 4.69) is 35.8 Å². The van der Waals surface area contributed by atoms with E-state index in [1.54, 1.807) is 41.5 Å². The van der Waals surface area contributed by atoms with E-state index in [4.69, 9.17) is 47.4 Å². The summed E-state index contributed by atoms with van der Waals surface area (Å²) in [5.74, 6) is -11.5. The molecule has 12 unspecified atom stereocenters. The Morgan fingerprint density at radius 1 is 0.253 bits per heavy atom. The SMILES string of the molecule is C=CC(=O)OCCOC(=O)CC1CC(C)(C)CC(C)(Cn2c(=O)n(CC3(C)CC(CC(=O)OCCOC(=O)C=C)CC(C)(C)C3)c(=O)n(CC3(C)CC(CC(=O)OCC(F)(F)OC(F)(F)C(F)(F)OC(F)(F)COC(=O)CC4CC(C)(C)CC(C)(Cn5c(=O)n(CC6(C)CC(CC(=O)OCCOC(=O)C=C)CC(C)(C)C6)c(=O)n(CC6(C)CC(CC(=O)OCCOC(=O)C=C)CC(C)(C)C6)c5=O)C4)CC(C)(C)C3)c2=O)C1. The molecular weight excluding hydrogens is 1930 g/mol. The van der Waals surface area contributed by atoms with Crippen LogP contribution >= 0.6 is 0 Å². The van der Waals surface area contributed by atoms with E-state index in [9.17, 15) is 47.9 Å². The van der Waals surface area contributed by atoms with Crippen LogP contribution in [0.15, 0.2) is 79.4 Å². The van der Waals surface area contributed by atoms with Crippen LogP contribution in [0.1, 0.15) is 279 Å². The van der Waals surface area contributed by atoms with Crippen molar-refractivity contribution in [1.29, 1.82) is 0 Å². The quantitative estimate of drug-likeness (QED) is 0.0195. The van der Waals surface area contributed by atoms with Crippen molar-refractivity contribution in [3.05, 3.63) is 114 Å². The number of carbonyl (C=O) groups excluding carboxylic acids is 10. The average Bonchev–Trinajstić information content (AvgIpc) is 0.744. The van der Waals surface area contributed by atoms with E-state index in [0.717, 1.165) is 51.7 Å². The number of halogens is 8. The first-order valence-corrected chi connectivity index (χ1v) is 49.9. The van der Waals surface area contributed by atoms with Gasteiger partial charge in [-0.1, -0.05) is 151 Å². The lowest BCUT2D eigenvalue weighted by molar-refractivity contribution is -0.515. The Morgan fingerprint density at radius 3 is 0.548 bits per heavy atom. The molecule has 42 heteroatoms. The molecule has 2 heterocycles. The molecule has 34 nitrogen and oxygen atoms in total. The van der Waals surface area contributed by atoms with Gasteiger partial charge in [0, 0.05) is 102 Å². The molecule has 0 aliphatic heterocycles. The molecule has 0 bridgehead atoms.